The molecule has 1 aromatic heterocycles. The molecule has 2 aromatic rings. The average molecular weight is 369 g/mol. The smallest absolute Gasteiger partial charge is 0.201 e. The average Bonchev–Trinajstić information content (AvgIpc) is 2.60. The van der Waals surface area contributed by atoms with Gasteiger partial charge in [0.1, 0.15) is 7.05 Å². The summed E-state index contributed by atoms with van der Waals surface area (Å²) >= 11 is 0. The molecule has 0 bridgehead atoms. The number of nitrogens with zero attached hydrogens (tertiary/aromatic N) is 1. The second-order valence-corrected chi connectivity index (χ2v) is 14.3. The van der Waals surface area contributed by atoms with Crippen LogP contribution in [0, 0.1) is 12.3 Å². The second kappa shape index (κ2) is 7.68. The first kappa shape index (κ1) is 20.9. The van der Waals surface area contributed by atoms with Crippen LogP contribution in [0.15, 0.2) is 36.5 Å². The first-order valence-electron chi connectivity index (χ1n) is 10.1. The summed E-state index contributed by atoms with van der Waals surface area (Å²) in [5, 5.41) is 1.61. The van der Waals surface area contributed by atoms with Gasteiger partial charge in [0.05, 0.1) is 8.07 Å². The first-order chi connectivity index (χ1) is 12.0. The monoisotopic (exact) mass is 368 g/mol. The van der Waals surface area contributed by atoms with Crippen LogP contribution >= 0.6 is 0 Å². The van der Waals surface area contributed by atoms with Gasteiger partial charge in [0.2, 0.25) is 5.69 Å². The van der Waals surface area contributed by atoms with Gasteiger partial charge < -0.3 is 0 Å². The molecule has 0 fully saturated rings. The van der Waals surface area contributed by atoms with E-state index in [1.807, 2.05) is 0 Å². The second-order valence-electron chi connectivity index (χ2n) is 9.29. The van der Waals surface area contributed by atoms with Gasteiger partial charge in [-0.25, -0.2) is 4.57 Å². The zero-order chi connectivity index (χ0) is 19.7. The highest BCUT2D eigenvalue weighted by Crippen LogP contribution is 2.41. The number of aryl methyl sites for hydroxylation is 2. The van der Waals surface area contributed by atoms with Crippen LogP contribution in [0.2, 0.25) is 19.6 Å². The topological polar surface area (TPSA) is 3.88 Å². The molecule has 1 nitrogen and oxygen atoms in total. The quantitative estimate of drug-likeness (QED) is 0.437. The third-order valence-electron chi connectivity index (χ3n) is 6.66. The van der Waals surface area contributed by atoms with Crippen molar-refractivity contribution in [1.29, 1.82) is 0 Å². The van der Waals surface area contributed by atoms with Gasteiger partial charge in [0.15, 0.2) is 6.20 Å². The zero-order valence-corrected chi connectivity index (χ0v) is 19.4. The Labute approximate surface area is 162 Å². The van der Waals surface area contributed by atoms with Crippen molar-refractivity contribution in [3.05, 3.63) is 47.7 Å². The van der Waals surface area contributed by atoms with Gasteiger partial charge in [-0.2, -0.15) is 0 Å². The van der Waals surface area contributed by atoms with E-state index >= 15 is 0 Å². The van der Waals surface area contributed by atoms with E-state index in [1.165, 1.54) is 29.7 Å². The number of aromatic nitrogens is 1. The predicted octanol–water partition coefficient (Wildman–Crippen LogP) is 5.96. The molecule has 2 heteroatoms. The predicted molar refractivity (Wildman–Crippen MR) is 118 cm³/mol. The molecule has 0 radical (unpaired) electrons. The van der Waals surface area contributed by atoms with Gasteiger partial charge in [-0.1, -0.05) is 78.4 Å². The molecule has 0 spiro atoms. The highest BCUT2D eigenvalue weighted by molar-refractivity contribution is 6.89. The van der Waals surface area contributed by atoms with Crippen molar-refractivity contribution < 1.29 is 4.57 Å². The van der Waals surface area contributed by atoms with Crippen LogP contribution in [0.1, 0.15) is 57.6 Å². The molecule has 0 aliphatic carbocycles. The van der Waals surface area contributed by atoms with E-state index in [-0.39, 0.29) is 0 Å². The Balaban J connectivity index is 2.76. The van der Waals surface area contributed by atoms with Crippen molar-refractivity contribution in [3.8, 4) is 11.3 Å². The Kier molecular flexibility index (Phi) is 6.17. The minimum absolute atomic E-state index is 0.345. The number of pyridine rings is 1. The van der Waals surface area contributed by atoms with Crippen LogP contribution in [0.25, 0.3) is 11.3 Å². The van der Waals surface area contributed by atoms with Crippen LogP contribution in [0.5, 0.6) is 0 Å². The van der Waals surface area contributed by atoms with Crippen LogP contribution in [0.3, 0.4) is 0 Å². The van der Waals surface area contributed by atoms with E-state index in [0.717, 1.165) is 0 Å². The summed E-state index contributed by atoms with van der Waals surface area (Å²) in [7, 11) is 0.772. The number of benzene rings is 1. The zero-order valence-electron chi connectivity index (χ0n) is 18.4. The van der Waals surface area contributed by atoms with Crippen molar-refractivity contribution in [2.45, 2.75) is 73.0 Å². The van der Waals surface area contributed by atoms with Crippen molar-refractivity contribution in [1.82, 2.24) is 0 Å². The molecule has 1 heterocycles. The number of hydrogen-bond acceptors (Lipinski definition) is 0. The lowest BCUT2D eigenvalue weighted by molar-refractivity contribution is -0.659. The van der Waals surface area contributed by atoms with Crippen molar-refractivity contribution in [3.63, 3.8) is 0 Å². The Morgan fingerprint density at radius 2 is 1.65 bits per heavy atom. The molecule has 0 N–H and O–H groups in total. The SMILES string of the molecule is CCC(C)(CC)C(C)c1cc(-c2ccccc2C)[n+](C)cc1[Si](C)(C)C. The summed E-state index contributed by atoms with van der Waals surface area (Å²) < 4.78 is 2.35. The normalized spacial score (nSPS) is 13.7. The maximum atomic E-state index is 2.50. The fourth-order valence-corrected chi connectivity index (χ4v) is 5.75. The third-order valence-corrected chi connectivity index (χ3v) is 8.70. The largest absolute Gasteiger partial charge is 0.212 e. The molecule has 0 saturated carbocycles. The van der Waals surface area contributed by atoms with E-state index in [1.54, 1.807) is 10.8 Å². The standard InChI is InChI=1S/C24H38NSi/c1-10-24(5,11-2)19(4)21-16-22(20-15-13-12-14-18(20)3)25(6)17-23(21)26(7,8)9/h12-17,19H,10-11H2,1-9H3/q+1. The molecule has 0 amide bonds. The molecular weight excluding hydrogens is 330 g/mol. The highest BCUT2D eigenvalue weighted by atomic mass is 28.3. The van der Waals surface area contributed by atoms with E-state index in [9.17, 15) is 0 Å². The van der Waals surface area contributed by atoms with E-state index in [2.05, 4.69) is 102 Å². The summed E-state index contributed by atoms with van der Waals surface area (Å²) in [5.74, 6) is 0.559. The Morgan fingerprint density at radius 1 is 1.08 bits per heavy atom. The van der Waals surface area contributed by atoms with E-state index in [4.69, 9.17) is 0 Å². The summed E-state index contributed by atoms with van der Waals surface area (Å²) in [5.41, 5.74) is 5.95. The lowest BCUT2D eigenvalue weighted by atomic mass is 9.71. The minimum atomic E-state index is -1.43. The van der Waals surface area contributed by atoms with E-state index in [0.29, 0.717) is 11.3 Å². The summed E-state index contributed by atoms with van der Waals surface area (Å²) in [6.07, 6.45) is 4.87. The Morgan fingerprint density at radius 3 is 2.15 bits per heavy atom. The molecule has 0 saturated heterocycles. The minimum Gasteiger partial charge on any atom is -0.201 e. The van der Waals surface area contributed by atoms with Crippen LogP contribution < -0.4 is 9.75 Å². The molecule has 26 heavy (non-hydrogen) atoms. The van der Waals surface area contributed by atoms with Gasteiger partial charge >= 0.3 is 0 Å². The lowest BCUT2D eigenvalue weighted by Crippen LogP contribution is -2.48. The Hall–Kier alpha value is -1.41. The molecule has 0 aliphatic heterocycles. The Bertz CT molecular complexity index is 766. The first-order valence-corrected chi connectivity index (χ1v) is 13.6. The van der Waals surface area contributed by atoms with Gasteiger partial charge in [-0.05, 0) is 35.4 Å². The molecule has 142 valence electrons. The van der Waals surface area contributed by atoms with E-state index < -0.39 is 8.07 Å². The van der Waals surface area contributed by atoms with Crippen molar-refractivity contribution in [2.75, 3.05) is 0 Å². The van der Waals surface area contributed by atoms with Gasteiger partial charge in [0, 0.05) is 16.8 Å². The molecule has 0 aliphatic rings. The highest BCUT2D eigenvalue weighted by Gasteiger charge is 2.35. The van der Waals surface area contributed by atoms with Crippen LogP contribution in [-0.4, -0.2) is 8.07 Å². The molecule has 1 unspecified atom stereocenters. The summed E-state index contributed by atoms with van der Waals surface area (Å²) in [4.78, 5) is 0. The fraction of sp³-hybridized carbons (Fsp3) is 0.542. The number of rotatable bonds is 6. The fourth-order valence-electron chi connectivity index (χ4n) is 4.02. The molecule has 1 aromatic carbocycles. The molecule has 2 rings (SSSR count). The third kappa shape index (κ3) is 3.96. The molecular formula is C24H38NSi+. The van der Waals surface area contributed by atoms with Crippen LogP contribution in [-0.2, 0) is 7.05 Å². The van der Waals surface area contributed by atoms with Crippen molar-refractivity contribution >= 4 is 13.3 Å². The van der Waals surface area contributed by atoms with Crippen LogP contribution in [0.4, 0.5) is 0 Å². The number of hydrogen-bond donors (Lipinski definition) is 0. The summed E-state index contributed by atoms with van der Waals surface area (Å²) in [6.45, 7) is 19.2. The van der Waals surface area contributed by atoms with Gasteiger partial charge in [-0.15, -0.1) is 0 Å². The summed E-state index contributed by atoms with van der Waals surface area (Å²) in [6, 6.07) is 11.3. The molecule has 1 atom stereocenters. The maximum absolute atomic E-state index is 2.50. The van der Waals surface area contributed by atoms with Gasteiger partial charge in [-0.3, -0.25) is 0 Å². The lowest BCUT2D eigenvalue weighted by Gasteiger charge is -2.36. The van der Waals surface area contributed by atoms with Crippen molar-refractivity contribution in [2.24, 2.45) is 12.5 Å². The van der Waals surface area contributed by atoms with Gasteiger partial charge in [0.25, 0.3) is 0 Å². The maximum Gasteiger partial charge on any atom is 0.212 e.